The van der Waals surface area contributed by atoms with Crippen molar-refractivity contribution in [3.8, 4) is 5.75 Å². The van der Waals surface area contributed by atoms with Gasteiger partial charge < -0.3 is 20.1 Å². The van der Waals surface area contributed by atoms with Crippen molar-refractivity contribution in [2.75, 3.05) is 42.2 Å². The number of carbonyl (C=O) groups is 1. The lowest BCUT2D eigenvalue weighted by Crippen LogP contribution is -2.41. The molecule has 2 N–H and O–H groups in total. The fourth-order valence-electron chi connectivity index (χ4n) is 3.22. The molecule has 1 aromatic rings. The molecule has 2 amide bonds. The number of anilines is 2. The van der Waals surface area contributed by atoms with Gasteiger partial charge in [0.25, 0.3) is 0 Å². The minimum Gasteiger partial charge on any atom is -0.495 e. The maximum absolute atomic E-state index is 12.4. The molecule has 2 aliphatic rings. The summed E-state index contributed by atoms with van der Waals surface area (Å²) in [7, 11) is -1.87. The first-order chi connectivity index (χ1) is 12.5. The molecule has 1 aromatic carbocycles. The number of sulfonamides is 1. The highest BCUT2D eigenvalue weighted by Gasteiger charge is 2.28. The highest BCUT2D eigenvalue weighted by atomic mass is 32.2. The maximum Gasteiger partial charge on any atom is 0.319 e. The molecule has 0 radical (unpaired) electrons. The van der Waals surface area contributed by atoms with E-state index in [9.17, 15) is 13.2 Å². The zero-order valence-electron chi connectivity index (χ0n) is 14.9. The molecular formula is C17H25N3O5S. The first-order valence-electron chi connectivity index (χ1n) is 8.83. The lowest BCUT2D eigenvalue weighted by Gasteiger charge is -2.29. The normalized spacial score (nSPS) is 20.4. The molecule has 2 saturated heterocycles. The lowest BCUT2D eigenvalue weighted by molar-refractivity contribution is 0.0806. The second-order valence-corrected chi connectivity index (χ2v) is 8.48. The SMILES string of the molecule is COc1ccc(NC(=O)NC2CCOCC2)cc1N1CCCCS1(=O)=O. The Hall–Kier alpha value is -2.00. The third kappa shape index (κ3) is 4.39. The number of nitrogens with zero attached hydrogens (tertiary/aromatic N) is 1. The van der Waals surface area contributed by atoms with Crippen LogP contribution in [-0.2, 0) is 14.8 Å². The van der Waals surface area contributed by atoms with Crippen molar-refractivity contribution in [2.45, 2.75) is 31.7 Å². The minimum absolute atomic E-state index is 0.0870. The first kappa shape index (κ1) is 18.8. The van der Waals surface area contributed by atoms with Gasteiger partial charge in [0, 0.05) is 31.5 Å². The van der Waals surface area contributed by atoms with E-state index in [1.807, 2.05) is 0 Å². The number of benzene rings is 1. The first-order valence-corrected chi connectivity index (χ1v) is 10.4. The van der Waals surface area contributed by atoms with E-state index in [1.165, 1.54) is 11.4 Å². The molecule has 3 rings (SSSR count). The molecule has 2 heterocycles. The number of nitrogens with one attached hydrogen (secondary N) is 2. The number of hydrogen-bond donors (Lipinski definition) is 2. The van der Waals surface area contributed by atoms with Gasteiger partial charge in [0.05, 0.1) is 18.6 Å². The zero-order chi connectivity index (χ0) is 18.6. The molecule has 9 heteroatoms. The summed E-state index contributed by atoms with van der Waals surface area (Å²) >= 11 is 0. The van der Waals surface area contributed by atoms with Gasteiger partial charge in [-0.3, -0.25) is 4.31 Å². The van der Waals surface area contributed by atoms with Crippen LogP contribution < -0.4 is 19.7 Å². The second-order valence-electron chi connectivity index (χ2n) is 6.47. The predicted octanol–water partition coefficient (Wildman–Crippen LogP) is 1.93. The van der Waals surface area contributed by atoms with Crippen molar-refractivity contribution >= 4 is 27.4 Å². The Bertz CT molecular complexity index is 747. The second kappa shape index (κ2) is 8.13. The van der Waals surface area contributed by atoms with Crippen LogP contribution >= 0.6 is 0 Å². The summed E-state index contributed by atoms with van der Waals surface area (Å²) in [6.07, 6.45) is 3.03. The molecule has 0 aliphatic carbocycles. The number of rotatable bonds is 4. The number of urea groups is 1. The molecule has 0 unspecified atom stereocenters. The van der Waals surface area contributed by atoms with E-state index in [-0.39, 0.29) is 17.8 Å². The van der Waals surface area contributed by atoms with Crippen LogP contribution in [0, 0.1) is 0 Å². The van der Waals surface area contributed by atoms with Gasteiger partial charge in [-0.2, -0.15) is 0 Å². The van der Waals surface area contributed by atoms with E-state index in [1.54, 1.807) is 18.2 Å². The van der Waals surface area contributed by atoms with Gasteiger partial charge in [-0.1, -0.05) is 0 Å². The van der Waals surface area contributed by atoms with E-state index in [0.29, 0.717) is 43.3 Å². The molecule has 0 atom stereocenters. The minimum atomic E-state index is -3.37. The van der Waals surface area contributed by atoms with Crippen molar-refractivity contribution in [1.29, 1.82) is 0 Å². The molecule has 8 nitrogen and oxygen atoms in total. The molecule has 144 valence electrons. The van der Waals surface area contributed by atoms with Crippen molar-refractivity contribution < 1.29 is 22.7 Å². The highest BCUT2D eigenvalue weighted by Crippen LogP contribution is 2.35. The van der Waals surface area contributed by atoms with Crippen molar-refractivity contribution in [1.82, 2.24) is 5.32 Å². The molecule has 0 bridgehead atoms. The zero-order valence-corrected chi connectivity index (χ0v) is 15.7. The van der Waals surface area contributed by atoms with Crippen LogP contribution in [0.5, 0.6) is 5.75 Å². The fraction of sp³-hybridized carbons (Fsp3) is 0.588. The number of ether oxygens (including phenoxy) is 2. The molecule has 26 heavy (non-hydrogen) atoms. The maximum atomic E-state index is 12.4. The number of hydrogen-bond acceptors (Lipinski definition) is 5. The Balaban J connectivity index is 1.75. The summed E-state index contributed by atoms with van der Waals surface area (Å²) in [5, 5.41) is 5.70. The average Bonchev–Trinajstić information content (AvgIpc) is 2.62. The Labute approximate surface area is 153 Å². The Morgan fingerprint density at radius 3 is 2.73 bits per heavy atom. The van der Waals surface area contributed by atoms with E-state index in [0.717, 1.165) is 19.3 Å². The summed E-state index contributed by atoms with van der Waals surface area (Å²) in [4.78, 5) is 12.2. The Morgan fingerprint density at radius 1 is 1.27 bits per heavy atom. The summed E-state index contributed by atoms with van der Waals surface area (Å²) in [5.41, 5.74) is 0.974. The monoisotopic (exact) mass is 383 g/mol. The highest BCUT2D eigenvalue weighted by molar-refractivity contribution is 7.92. The molecule has 2 aliphatic heterocycles. The van der Waals surface area contributed by atoms with Crippen LogP contribution in [-0.4, -0.2) is 53.1 Å². The average molecular weight is 383 g/mol. The molecule has 2 fully saturated rings. The standard InChI is InChI=1S/C17H25N3O5S/c1-24-16-5-4-14(19-17(21)18-13-6-9-25-10-7-13)12-15(16)20-8-2-3-11-26(20,22)23/h4-5,12-13H,2-3,6-11H2,1H3,(H2,18,19,21). The van der Waals surface area contributed by atoms with Gasteiger partial charge in [0.1, 0.15) is 5.75 Å². The molecule has 0 aromatic heterocycles. The van der Waals surface area contributed by atoms with Crippen LogP contribution in [0.4, 0.5) is 16.2 Å². The smallest absolute Gasteiger partial charge is 0.319 e. The van der Waals surface area contributed by atoms with E-state index >= 15 is 0 Å². The Kier molecular flexibility index (Phi) is 5.87. The predicted molar refractivity (Wildman–Crippen MR) is 99.4 cm³/mol. The fourth-order valence-corrected chi connectivity index (χ4v) is 4.86. The number of methoxy groups -OCH3 is 1. The van der Waals surface area contributed by atoms with Gasteiger partial charge in [-0.05, 0) is 43.9 Å². The van der Waals surface area contributed by atoms with E-state index < -0.39 is 10.0 Å². The van der Waals surface area contributed by atoms with Crippen LogP contribution in [0.15, 0.2) is 18.2 Å². The third-order valence-corrected chi connectivity index (χ3v) is 6.47. The summed E-state index contributed by atoms with van der Waals surface area (Å²) < 4.78 is 36.8. The van der Waals surface area contributed by atoms with Crippen LogP contribution in [0.3, 0.4) is 0 Å². The van der Waals surface area contributed by atoms with E-state index in [2.05, 4.69) is 10.6 Å². The quantitative estimate of drug-likeness (QED) is 0.828. The third-order valence-electron chi connectivity index (χ3n) is 4.61. The molecule has 0 spiro atoms. The van der Waals surface area contributed by atoms with Gasteiger partial charge in [0.15, 0.2) is 0 Å². The van der Waals surface area contributed by atoms with Crippen LogP contribution in [0.25, 0.3) is 0 Å². The summed E-state index contributed by atoms with van der Waals surface area (Å²) in [6, 6.07) is 4.79. The Morgan fingerprint density at radius 2 is 2.04 bits per heavy atom. The topological polar surface area (TPSA) is 97.0 Å². The number of carbonyl (C=O) groups excluding carboxylic acids is 1. The van der Waals surface area contributed by atoms with Gasteiger partial charge in [0.2, 0.25) is 10.0 Å². The van der Waals surface area contributed by atoms with Crippen LogP contribution in [0.1, 0.15) is 25.7 Å². The molecular weight excluding hydrogens is 358 g/mol. The largest absolute Gasteiger partial charge is 0.495 e. The summed E-state index contributed by atoms with van der Waals surface area (Å²) in [5.74, 6) is 0.587. The lowest BCUT2D eigenvalue weighted by atomic mass is 10.1. The van der Waals surface area contributed by atoms with Gasteiger partial charge in [-0.15, -0.1) is 0 Å². The number of amides is 2. The van der Waals surface area contributed by atoms with Crippen molar-refractivity contribution in [3.63, 3.8) is 0 Å². The van der Waals surface area contributed by atoms with Gasteiger partial charge in [-0.25, -0.2) is 13.2 Å². The van der Waals surface area contributed by atoms with Crippen molar-refractivity contribution in [2.24, 2.45) is 0 Å². The van der Waals surface area contributed by atoms with Crippen LogP contribution in [0.2, 0.25) is 0 Å². The summed E-state index contributed by atoms with van der Waals surface area (Å²) in [6.45, 7) is 1.70. The molecule has 0 saturated carbocycles. The van der Waals surface area contributed by atoms with E-state index in [4.69, 9.17) is 9.47 Å². The van der Waals surface area contributed by atoms with Crippen molar-refractivity contribution in [3.05, 3.63) is 18.2 Å². The van der Waals surface area contributed by atoms with Gasteiger partial charge >= 0.3 is 6.03 Å².